The Balaban J connectivity index is 4.67. The first-order valence-corrected chi connectivity index (χ1v) is 8.10. The average molecular weight is 261 g/mol. The summed E-state index contributed by atoms with van der Waals surface area (Å²) in [5, 5.41) is 0. The summed E-state index contributed by atoms with van der Waals surface area (Å²) in [4.78, 5) is 13.7. The molecule has 6 heteroatoms. The molecule has 0 fully saturated rings. The van der Waals surface area contributed by atoms with Crippen LogP contribution in [0.1, 0.15) is 40.5 Å². The highest BCUT2D eigenvalue weighted by atomic mass is 28.4. The summed E-state index contributed by atoms with van der Waals surface area (Å²) in [6.45, 7) is 8.68. The van der Waals surface area contributed by atoms with Crippen LogP contribution >= 0.6 is 0 Å². The second kappa shape index (κ2) is 9.50. The number of aliphatic imine (C=N–C) groups is 1. The molecule has 0 aliphatic heterocycles. The molecule has 0 N–H and O–H groups in total. The first-order chi connectivity index (χ1) is 8.14. The maximum Gasteiger partial charge on any atom is 0.502 e. The number of nitrogens with zero attached hydrogens (tertiary/aromatic N) is 1. The molecule has 1 unspecified atom stereocenters. The Labute approximate surface area is 105 Å². The molecule has 0 saturated heterocycles. The molecule has 0 rings (SSSR count). The van der Waals surface area contributed by atoms with Gasteiger partial charge in [0.25, 0.3) is 0 Å². The Morgan fingerprint density at radius 3 is 2.24 bits per heavy atom. The van der Waals surface area contributed by atoms with Gasteiger partial charge in [0.2, 0.25) is 6.08 Å². The minimum atomic E-state index is -2.69. The highest BCUT2D eigenvalue weighted by Gasteiger charge is 2.41. The van der Waals surface area contributed by atoms with Crippen LogP contribution in [0.3, 0.4) is 0 Å². The normalized spacial score (nSPS) is 13.2. The maximum absolute atomic E-state index is 10.2. The molecule has 0 amide bonds. The highest BCUT2D eigenvalue weighted by Crippen LogP contribution is 2.21. The van der Waals surface area contributed by atoms with E-state index in [9.17, 15) is 4.79 Å². The zero-order valence-corrected chi connectivity index (χ0v) is 12.2. The Bertz CT molecular complexity index is 238. The predicted octanol–water partition coefficient (Wildman–Crippen LogP) is 2.50. The lowest BCUT2D eigenvalue weighted by molar-refractivity contribution is 0.0409. The van der Waals surface area contributed by atoms with Crippen LogP contribution in [-0.2, 0) is 18.1 Å². The fourth-order valence-electron chi connectivity index (χ4n) is 1.51. The molecule has 0 aromatic rings. The smallest absolute Gasteiger partial charge is 0.374 e. The zero-order valence-electron chi connectivity index (χ0n) is 11.2. The van der Waals surface area contributed by atoms with Gasteiger partial charge in [0.1, 0.15) is 0 Å². The number of unbranched alkanes of at least 4 members (excludes halogenated alkanes) is 1. The topological polar surface area (TPSA) is 57.1 Å². The summed E-state index contributed by atoms with van der Waals surface area (Å²) in [5.74, 6) is 0. The van der Waals surface area contributed by atoms with Crippen molar-refractivity contribution in [2.75, 3.05) is 13.2 Å². The fraction of sp³-hybridized carbons (Fsp3) is 0.909. The van der Waals surface area contributed by atoms with Crippen LogP contribution in [0.25, 0.3) is 0 Å². The molecule has 0 aliphatic rings. The summed E-state index contributed by atoms with van der Waals surface area (Å²) in [5.41, 5.74) is 0. The van der Waals surface area contributed by atoms with E-state index in [1.807, 2.05) is 13.8 Å². The van der Waals surface area contributed by atoms with Gasteiger partial charge >= 0.3 is 8.80 Å². The summed E-state index contributed by atoms with van der Waals surface area (Å²) in [6, 6.07) is 0.754. The monoisotopic (exact) mass is 261 g/mol. The van der Waals surface area contributed by atoms with Crippen LogP contribution in [0.5, 0.6) is 0 Å². The van der Waals surface area contributed by atoms with Crippen LogP contribution in [0.2, 0.25) is 6.04 Å². The van der Waals surface area contributed by atoms with Gasteiger partial charge in [-0.25, -0.2) is 4.79 Å². The molecule has 0 saturated carbocycles. The standard InChI is InChI=1S/C11H23NO4Si/c1-5-8-9-17(14-6-2,15-7-3)16-11(4)12-10-13/h11H,5-9H2,1-4H3. The van der Waals surface area contributed by atoms with Crippen molar-refractivity contribution >= 4 is 14.9 Å². The molecular formula is C11H23NO4Si. The van der Waals surface area contributed by atoms with Gasteiger partial charge in [0.05, 0.1) is 0 Å². The quantitative estimate of drug-likeness (QED) is 0.344. The lowest BCUT2D eigenvalue weighted by Crippen LogP contribution is -2.47. The second-order valence-corrected chi connectivity index (χ2v) is 6.27. The van der Waals surface area contributed by atoms with E-state index in [-0.39, 0.29) is 0 Å². The number of hydrogen-bond donors (Lipinski definition) is 0. The van der Waals surface area contributed by atoms with Crippen molar-refractivity contribution in [2.24, 2.45) is 4.99 Å². The molecule has 5 nitrogen and oxygen atoms in total. The molecule has 17 heavy (non-hydrogen) atoms. The van der Waals surface area contributed by atoms with Crippen molar-refractivity contribution in [3.05, 3.63) is 0 Å². The van der Waals surface area contributed by atoms with Crippen molar-refractivity contribution in [3.8, 4) is 0 Å². The van der Waals surface area contributed by atoms with E-state index in [1.54, 1.807) is 6.92 Å². The van der Waals surface area contributed by atoms with Crippen LogP contribution in [0, 0.1) is 0 Å². The van der Waals surface area contributed by atoms with Gasteiger partial charge in [-0.1, -0.05) is 13.3 Å². The SMILES string of the molecule is CCCC[Si](OCC)(OCC)OC(C)N=C=O. The van der Waals surface area contributed by atoms with Crippen LogP contribution in [0.15, 0.2) is 4.99 Å². The Hall–Kier alpha value is -0.523. The molecule has 0 spiro atoms. The maximum atomic E-state index is 10.2. The molecule has 0 radical (unpaired) electrons. The van der Waals surface area contributed by atoms with Crippen molar-refractivity contribution in [2.45, 2.75) is 52.8 Å². The van der Waals surface area contributed by atoms with Crippen molar-refractivity contribution < 1.29 is 18.1 Å². The Morgan fingerprint density at radius 2 is 1.82 bits per heavy atom. The average Bonchev–Trinajstić information content (AvgIpc) is 2.27. The molecule has 0 aromatic carbocycles. The minimum absolute atomic E-state index is 0.535. The van der Waals surface area contributed by atoms with Gasteiger partial charge in [0.15, 0.2) is 6.23 Å². The fourth-order valence-corrected chi connectivity index (χ4v) is 4.37. The van der Waals surface area contributed by atoms with Crippen LogP contribution < -0.4 is 0 Å². The molecule has 0 aromatic heterocycles. The van der Waals surface area contributed by atoms with E-state index in [4.69, 9.17) is 13.3 Å². The minimum Gasteiger partial charge on any atom is -0.374 e. The van der Waals surface area contributed by atoms with E-state index in [0.29, 0.717) is 13.2 Å². The highest BCUT2D eigenvalue weighted by molar-refractivity contribution is 6.60. The first kappa shape index (κ1) is 16.5. The third-order valence-electron chi connectivity index (χ3n) is 2.15. The van der Waals surface area contributed by atoms with E-state index < -0.39 is 15.0 Å². The largest absolute Gasteiger partial charge is 0.502 e. The van der Waals surface area contributed by atoms with Crippen molar-refractivity contribution in [1.29, 1.82) is 0 Å². The summed E-state index contributed by atoms with van der Waals surface area (Å²) in [7, 11) is -2.69. The molecule has 0 aliphatic carbocycles. The van der Waals surface area contributed by atoms with E-state index in [2.05, 4.69) is 11.9 Å². The number of rotatable bonds is 10. The van der Waals surface area contributed by atoms with Gasteiger partial charge in [-0.15, -0.1) is 0 Å². The number of carbonyl (C=O) groups excluding carboxylic acids is 1. The lowest BCUT2D eigenvalue weighted by Gasteiger charge is -2.30. The first-order valence-electron chi connectivity index (χ1n) is 6.16. The summed E-state index contributed by atoms with van der Waals surface area (Å²) < 4.78 is 17.1. The summed E-state index contributed by atoms with van der Waals surface area (Å²) in [6.07, 6.45) is 2.95. The van der Waals surface area contributed by atoms with Crippen LogP contribution in [0.4, 0.5) is 0 Å². The van der Waals surface area contributed by atoms with Crippen molar-refractivity contribution in [3.63, 3.8) is 0 Å². The van der Waals surface area contributed by atoms with Gasteiger partial charge < -0.3 is 13.3 Å². The third kappa shape index (κ3) is 6.70. The van der Waals surface area contributed by atoms with Crippen LogP contribution in [-0.4, -0.2) is 34.3 Å². The summed E-state index contributed by atoms with van der Waals surface area (Å²) >= 11 is 0. The molecular weight excluding hydrogens is 238 g/mol. The third-order valence-corrected chi connectivity index (χ3v) is 5.27. The molecule has 100 valence electrons. The number of hydrogen-bond acceptors (Lipinski definition) is 5. The Kier molecular flexibility index (Phi) is 9.21. The van der Waals surface area contributed by atoms with E-state index in [1.165, 1.54) is 6.08 Å². The molecule has 0 heterocycles. The zero-order chi connectivity index (χ0) is 13.1. The predicted molar refractivity (Wildman–Crippen MR) is 67.4 cm³/mol. The van der Waals surface area contributed by atoms with E-state index >= 15 is 0 Å². The van der Waals surface area contributed by atoms with Crippen molar-refractivity contribution in [1.82, 2.24) is 0 Å². The number of isocyanates is 1. The molecule has 1 atom stereocenters. The van der Waals surface area contributed by atoms with Gasteiger partial charge in [0, 0.05) is 19.3 Å². The lowest BCUT2D eigenvalue weighted by atomic mass is 10.4. The van der Waals surface area contributed by atoms with Gasteiger partial charge in [-0.2, -0.15) is 4.99 Å². The molecule has 0 bridgehead atoms. The Morgan fingerprint density at radius 1 is 1.24 bits per heavy atom. The van der Waals surface area contributed by atoms with Gasteiger partial charge in [-0.3, -0.25) is 0 Å². The van der Waals surface area contributed by atoms with Gasteiger partial charge in [-0.05, 0) is 27.2 Å². The van der Waals surface area contributed by atoms with E-state index in [0.717, 1.165) is 18.9 Å². The second-order valence-electron chi connectivity index (χ2n) is 3.59.